The van der Waals surface area contributed by atoms with Gasteiger partial charge in [-0.15, -0.1) is 0 Å². The highest BCUT2D eigenvalue weighted by Crippen LogP contribution is 2.19. The number of H-pyrrole nitrogens is 1. The first-order chi connectivity index (χ1) is 10.7. The van der Waals surface area contributed by atoms with Crippen LogP contribution in [0.5, 0.6) is 0 Å². The van der Waals surface area contributed by atoms with Gasteiger partial charge < -0.3 is 9.88 Å². The van der Waals surface area contributed by atoms with Gasteiger partial charge in [0.05, 0.1) is 6.54 Å². The summed E-state index contributed by atoms with van der Waals surface area (Å²) in [6.45, 7) is 3.25. The van der Waals surface area contributed by atoms with Crippen LogP contribution >= 0.6 is 0 Å². The van der Waals surface area contributed by atoms with E-state index in [1.165, 1.54) is 10.8 Å². The number of likely N-dealkylation sites (tertiary alicyclic amines) is 1. The molecule has 1 fully saturated rings. The molecule has 1 unspecified atom stereocenters. The Bertz CT molecular complexity index is 702. The molecule has 5 heteroatoms. The first-order valence-corrected chi connectivity index (χ1v) is 7.80. The predicted molar refractivity (Wildman–Crippen MR) is 84.9 cm³/mol. The van der Waals surface area contributed by atoms with Crippen LogP contribution in [-0.2, 0) is 6.54 Å². The van der Waals surface area contributed by atoms with E-state index in [9.17, 15) is 9.59 Å². The molecule has 0 bridgehead atoms. The third kappa shape index (κ3) is 2.84. The van der Waals surface area contributed by atoms with Crippen LogP contribution < -0.4 is 5.69 Å². The van der Waals surface area contributed by atoms with Gasteiger partial charge >= 0.3 is 5.69 Å². The van der Waals surface area contributed by atoms with E-state index in [0.29, 0.717) is 12.2 Å². The van der Waals surface area contributed by atoms with E-state index in [-0.39, 0.29) is 17.6 Å². The Morgan fingerprint density at radius 1 is 1.27 bits per heavy atom. The Morgan fingerprint density at radius 2 is 2.05 bits per heavy atom. The van der Waals surface area contributed by atoms with Crippen molar-refractivity contribution in [2.75, 3.05) is 6.54 Å². The number of hydrogen-bond acceptors (Lipinski definition) is 2. The van der Waals surface area contributed by atoms with Gasteiger partial charge in [0, 0.05) is 18.8 Å². The van der Waals surface area contributed by atoms with E-state index in [1.54, 1.807) is 0 Å². The number of nitrogens with zero attached hydrogens (tertiary/aromatic N) is 2. The van der Waals surface area contributed by atoms with Crippen molar-refractivity contribution in [2.24, 2.45) is 0 Å². The van der Waals surface area contributed by atoms with Gasteiger partial charge in [0.15, 0.2) is 0 Å². The predicted octanol–water partition coefficient (Wildman–Crippen LogP) is 2.24. The van der Waals surface area contributed by atoms with Crippen LogP contribution in [0.15, 0.2) is 41.3 Å². The lowest BCUT2D eigenvalue weighted by atomic mass is 10.0. The summed E-state index contributed by atoms with van der Waals surface area (Å²) in [4.78, 5) is 29.4. The van der Waals surface area contributed by atoms with Crippen LogP contribution in [0, 0.1) is 0 Å². The van der Waals surface area contributed by atoms with Gasteiger partial charge in [-0.05, 0) is 31.7 Å². The summed E-state index contributed by atoms with van der Waals surface area (Å²) in [5.41, 5.74) is 1.21. The zero-order valence-electron chi connectivity index (χ0n) is 12.8. The molecule has 1 aromatic carbocycles. The first-order valence-electron chi connectivity index (χ1n) is 7.80. The number of aromatic amines is 1. The normalized spacial score (nSPS) is 18.4. The van der Waals surface area contributed by atoms with Crippen molar-refractivity contribution >= 4 is 5.91 Å². The second kappa shape index (κ2) is 6.22. The molecule has 5 nitrogen and oxygen atoms in total. The number of piperidine rings is 1. The number of benzene rings is 1. The Kier molecular flexibility index (Phi) is 4.13. The molecule has 1 aromatic heterocycles. The minimum Gasteiger partial charge on any atom is -0.335 e. The van der Waals surface area contributed by atoms with Crippen LogP contribution in [-0.4, -0.2) is 32.9 Å². The highest BCUT2D eigenvalue weighted by Gasteiger charge is 2.27. The molecule has 1 saturated heterocycles. The fourth-order valence-corrected chi connectivity index (χ4v) is 3.04. The van der Waals surface area contributed by atoms with Crippen LogP contribution in [0.25, 0.3) is 0 Å². The molecule has 1 N–H and O–H groups in total. The summed E-state index contributed by atoms with van der Waals surface area (Å²) < 4.78 is 1.53. The average Bonchev–Trinajstić information content (AvgIpc) is 2.89. The lowest BCUT2D eigenvalue weighted by Gasteiger charge is -2.33. The zero-order chi connectivity index (χ0) is 15.5. The minimum atomic E-state index is -0.239. The van der Waals surface area contributed by atoms with E-state index >= 15 is 0 Å². The molecule has 3 rings (SSSR count). The highest BCUT2D eigenvalue weighted by atomic mass is 16.2. The standard InChI is InChI=1S/C17H21N3O2/c1-13-7-5-6-10-19(13)16(21)15-11-18-17(22)20(15)12-14-8-3-2-4-9-14/h2-4,8-9,11,13H,5-7,10,12H2,1H3,(H,18,22). The van der Waals surface area contributed by atoms with Crippen LogP contribution in [0.3, 0.4) is 0 Å². The van der Waals surface area contributed by atoms with Crippen LogP contribution in [0.4, 0.5) is 0 Å². The number of rotatable bonds is 3. The lowest BCUT2D eigenvalue weighted by molar-refractivity contribution is 0.0624. The Morgan fingerprint density at radius 3 is 2.77 bits per heavy atom. The van der Waals surface area contributed by atoms with Gasteiger partial charge in [0.25, 0.3) is 5.91 Å². The van der Waals surface area contributed by atoms with Crippen LogP contribution in [0.1, 0.15) is 42.2 Å². The number of nitrogens with one attached hydrogen (secondary N) is 1. The summed E-state index contributed by atoms with van der Waals surface area (Å²) in [6.07, 6.45) is 4.76. The molecular formula is C17H21N3O2. The molecule has 0 spiro atoms. The van der Waals surface area contributed by atoms with Gasteiger partial charge in [-0.25, -0.2) is 4.79 Å². The third-order valence-electron chi connectivity index (χ3n) is 4.33. The summed E-state index contributed by atoms with van der Waals surface area (Å²) in [7, 11) is 0. The largest absolute Gasteiger partial charge is 0.335 e. The maximum atomic E-state index is 12.8. The lowest BCUT2D eigenvalue weighted by Crippen LogP contribution is -2.43. The van der Waals surface area contributed by atoms with Crippen molar-refractivity contribution in [3.05, 3.63) is 58.3 Å². The molecular weight excluding hydrogens is 278 g/mol. The van der Waals surface area contributed by atoms with Crippen molar-refractivity contribution in [1.82, 2.24) is 14.5 Å². The van der Waals surface area contributed by atoms with Gasteiger partial charge in [0.1, 0.15) is 5.69 Å². The van der Waals surface area contributed by atoms with Crippen molar-refractivity contribution < 1.29 is 4.79 Å². The van der Waals surface area contributed by atoms with Crippen molar-refractivity contribution in [3.63, 3.8) is 0 Å². The summed E-state index contributed by atoms with van der Waals surface area (Å²) >= 11 is 0. The number of hydrogen-bond donors (Lipinski definition) is 1. The topological polar surface area (TPSA) is 58.1 Å². The van der Waals surface area contributed by atoms with Gasteiger partial charge in [-0.3, -0.25) is 9.36 Å². The van der Waals surface area contributed by atoms with E-state index in [4.69, 9.17) is 0 Å². The molecule has 1 atom stereocenters. The number of aromatic nitrogens is 2. The SMILES string of the molecule is CC1CCCCN1C(=O)c1c[nH]c(=O)n1Cc1ccccc1. The maximum absolute atomic E-state index is 12.8. The second-order valence-electron chi connectivity index (χ2n) is 5.89. The van der Waals surface area contributed by atoms with Crippen LogP contribution in [0.2, 0.25) is 0 Å². The maximum Gasteiger partial charge on any atom is 0.326 e. The summed E-state index contributed by atoms with van der Waals surface area (Å²) in [6, 6.07) is 9.94. The fraction of sp³-hybridized carbons (Fsp3) is 0.412. The molecule has 0 aliphatic carbocycles. The number of imidazole rings is 1. The van der Waals surface area contributed by atoms with E-state index in [2.05, 4.69) is 11.9 Å². The molecule has 2 aromatic rings. The van der Waals surface area contributed by atoms with Gasteiger partial charge in [0.2, 0.25) is 0 Å². The summed E-state index contributed by atoms with van der Waals surface area (Å²) in [5.74, 6) is -0.0542. The van der Waals surface area contributed by atoms with E-state index < -0.39 is 0 Å². The van der Waals surface area contributed by atoms with E-state index in [1.807, 2.05) is 35.2 Å². The number of carbonyl (C=O) groups is 1. The Hall–Kier alpha value is -2.30. The fourth-order valence-electron chi connectivity index (χ4n) is 3.04. The molecule has 22 heavy (non-hydrogen) atoms. The molecule has 0 saturated carbocycles. The first kappa shape index (κ1) is 14.6. The second-order valence-corrected chi connectivity index (χ2v) is 5.89. The van der Waals surface area contributed by atoms with Gasteiger partial charge in [-0.2, -0.15) is 0 Å². The Balaban J connectivity index is 1.88. The molecule has 1 amide bonds. The Labute approximate surface area is 129 Å². The molecule has 0 radical (unpaired) electrons. The number of amides is 1. The van der Waals surface area contributed by atoms with E-state index in [0.717, 1.165) is 31.4 Å². The molecule has 116 valence electrons. The molecule has 1 aliphatic rings. The average molecular weight is 299 g/mol. The molecule has 1 aliphatic heterocycles. The third-order valence-corrected chi connectivity index (χ3v) is 4.33. The minimum absolute atomic E-state index is 0.0542. The van der Waals surface area contributed by atoms with Crippen molar-refractivity contribution in [3.8, 4) is 0 Å². The summed E-state index contributed by atoms with van der Waals surface area (Å²) in [5, 5.41) is 0. The van der Waals surface area contributed by atoms with Gasteiger partial charge in [-0.1, -0.05) is 30.3 Å². The monoisotopic (exact) mass is 299 g/mol. The quantitative estimate of drug-likeness (QED) is 0.945. The highest BCUT2D eigenvalue weighted by molar-refractivity contribution is 5.92. The smallest absolute Gasteiger partial charge is 0.326 e. The van der Waals surface area contributed by atoms with Crippen molar-refractivity contribution in [2.45, 2.75) is 38.8 Å². The zero-order valence-corrected chi connectivity index (χ0v) is 12.8. The number of carbonyl (C=O) groups excluding carboxylic acids is 1. The van der Waals surface area contributed by atoms with Crippen molar-refractivity contribution in [1.29, 1.82) is 0 Å². The molecule has 2 heterocycles.